The average Bonchev–Trinajstić information content (AvgIpc) is 2.88. The molecule has 0 fully saturated rings. The summed E-state index contributed by atoms with van der Waals surface area (Å²) in [5.74, 6) is -0.602. The molecule has 6 N–H and O–H groups in total. The third-order valence-corrected chi connectivity index (χ3v) is 5.68. The highest BCUT2D eigenvalue weighted by atomic mass is 32.1. The molecule has 1 heterocycles. The quantitative estimate of drug-likeness (QED) is 0.113. The van der Waals surface area contributed by atoms with Gasteiger partial charge in [-0.1, -0.05) is 18.2 Å². The molecule has 3 aromatic rings. The number of aliphatic hydroxyl groups excluding tert-OH is 1. The predicted molar refractivity (Wildman–Crippen MR) is 143 cm³/mol. The molecule has 0 radical (unpaired) electrons. The van der Waals surface area contributed by atoms with E-state index in [0.29, 0.717) is 35.4 Å². The minimum Gasteiger partial charge on any atom is -0.395 e. The van der Waals surface area contributed by atoms with Crippen LogP contribution in [0.2, 0.25) is 0 Å². The minimum atomic E-state index is -4.46. The Kier molecular flexibility index (Phi) is 9.55. The van der Waals surface area contributed by atoms with Crippen LogP contribution < -0.4 is 27.2 Å². The first-order valence-corrected chi connectivity index (χ1v) is 12.0. The Morgan fingerprint density at radius 2 is 1.84 bits per heavy atom. The lowest BCUT2D eigenvalue weighted by Gasteiger charge is -2.15. The maximum absolute atomic E-state index is 13.4. The molecule has 0 spiro atoms. The summed E-state index contributed by atoms with van der Waals surface area (Å²) in [6.45, 7) is 2.71. The number of halogens is 3. The Balaban J connectivity index is 2.04. The minimum absolute atomic E-state index is 0.0310. The second-order valence-electron chi connectivity index (χ2n) is 8.33. The van der Waals surface area contributed by atoms with Crippen molar-refractivity contribution in [2.75, 3.05) is 26.2 Å². The van der Waals surface area contributed by atoms with Gasteiger partial charge in [-0.25, -0.2) is 0 Å². The molecule has 202 valence electrons. The van der Waals surface area contributed by atoms with Gasteiger partial charge in [-0.3, -0.25) is 15.0 Å². The van der Waals surface area contributed by atoms with Crippen molar-refractivity contribution in [2.24, 2.45) is 10.8 Å². The largest absolute Gasteiger partial charge is 0.416 e. The molecular formula is C25H27F3N6O3S. The van der Waals surface area contributed by atoms with E-state index >= 15 is 0 Å². The monoisotopic (exact) mass is 548 g/mol. The van der Waals surface area contributed by atoms with Gasteiger partial charge in [0.05, 0.1) is 23.4 Å². The first kappa shape index (κ1) is 28.8. The fourth-order valence-corrected chi connectivity index (χ4v) is 3.72. The molecule has 0 unspecified atom stereocenters. The maximum atomic E-state index is 13.4. The molecule has 0 bridgehead atoms. The van der Waals surface area contributed by atoms with Gasteiger partial charge in [-0.2, -0.15) is 18.3 Å². The number of hydrogen-bond acceptors (Lipinski definition) is 6. The van der Waals surface area contributed by atoms with Crippen LogP contribution in [0, 0.1) is 0 Å². The molecule has 0 aliphatic rings. The second-order valence-corrected chi connectivity index (χ2v) is 8.77. The van der Waals surface area contributed by atoms with E-state index in [9.17, 15) is 22.8 Å². The van der Waals surface area contributed by atoms with E-state index in [1.165, 1.54) is 18.3 Å². The van der Waals surface area contributed by atoms with Gasteiger partial charge in [0.2, 0.25) is 5.43 Å². The summed E-state index contributed by atoms with van der Waals surface area (Å²) in [5.41, 5.74) is 8.57. The van der Waals surface area contributed by atoms with E-state index in [-0.39, 0.29) is 35.8 Å². The van der Waals surface area contributed by atoms with Crippen LogP contribution >= 0.6 is 12.2 Å². The van der Waals surface area contributed by atoms with E-state index in [4.69, 9.17) is 23.1 Å². The number of nitrogens with zero attached hydrogens (tertiary/aromatic N) is 2. The highest BCUT2D eigenvalue weighted by molar-refractivity contribution is 7.80. The smallest absolute Gasteiger partial charge is 0.395 e. The highest BCUT2D eigenvalue weighted by Crippen LogP contribution is 2.29. The third-order valence-electron chi connectivity index (χ3n) is 5.59. The summed E-state index contributed by atoms with van der Waals surface area (Å²) in [5, 5.41) is 18.7. The summed E-state index contributed by atoms with van der Waals surface area (Å²) < 4.78 is 40.6. The van der Waals surface area contributed by atoms with Gasteiger partial charge in [0.25, 0.3) is 5.91 Å². The molecule has 0 aliphatic heterocycles. The van der Waals surface area contributed by atoms with E-state index in [1.54, 1.807) is 29.7 Å². The van der Waals surface area contributed by atoms with E-state index < -0.39 is 23.1 Å². The molecule has 0 saturated heterocycles. The van der Waals surface area contributed by atoms with Crippen molar-refractivity contribution in [3.63, 3.8) is 0 Å². The van der Waals surface area contributed by atoms with Crippen LogP contribution in [0.25, 0.3) is 10.9 Å². The molecule has 0 atom stereocenters. The van der Waals surface area contributed by atoms with Crippen LogP contribution in [0.5, 0.6) is 0 Å². The standard InChI is InChI=1S/C25H27F3N6O3S/c1-15(32-33-24(29)38)17-4-7-21-19(12-17)22(36)20(23(37)31-9-8-30-10-11-35)14-34(21)13-16-2-5-18(6-3-16)25(26,27)28/h2-7,12,14,30,35H,8-11,13H2,1H3,(H,31,37)(H3,29,33,38)/b32-15+. The van der Waals surface area contributed by atoms with Gasteiger partial charge >= 0.3 is 6.18 Å². The van der Waals surface area contributed by atoms with E-state index in [0.717, 1.165) is 12.1 Å². The SMILES string of the molecule is C/C(=N\NC(N)=S)c1ccc2c(c1)c(=O)c(C(=O)NCCNCCO)cn2Cc1ccc(C(F)(F)F)cc1. The number of benzene rings is 2. The molecule has 0 saturated carbocycles. The normalized spacial score (nSPS) is 12.0. The van der Waals surface area contributed by atoms with Crippen LogP contribution in [-0.2, 0) is 12.7 Å². The summed E-state index contributed by atoms with van der Waals surface area (Å²) in [6.07, 6.45) is -3.06. The Morgan fingerprint density at radius 1 is 1.13 bits per heavy atom. The molecule has 0 aliphatic carbocycles. The van der Waals surface area contributed by atoms with Crippen molar-refractivity contribution in [1.82, 2.24) is 20.6 Å². The maximum Gasteiger partial charge on any atom is 0.416 e. The topological polar surface area (TPSA) is 134 Å². The van der Waals surface area contributed by atoms with Crippen molar-refractivity contribution in [2.45, 2.75) is 19.6 Å². The zero-order chi connectivity index (χ0) is 27.9. The van der Waals surface area contributed by atoms with Gasteiger partial charge in [0.15, 0.2) is 5.11 Å². The number of rotatable bonds is 10. The Hall–Kier alpha value is -3.81. The second kappa shape index (κ2) is 12.6. The lowest BCUT2D eigenvalue weighted by molar-refractivity contribution is -0.137. The lowest BCUT2D eigenvalue weighted by Crippen LogP contribution is -2.35. The summed E-state index contributed by atoms with van der Waals surface area (Å²) >= 11 is 4.76. The molecule has 1 aromatic heterocycles. The number of nitrogens with one attached hydrogen (secondary N) is 3. The molecule has 3 rings (SSSR count). The van der Waals surface area contributed by atoms with Crippen molar-refractivity contribution in [3.05, 3.63) is 81.1 Å². The number of fused-ring (bicyclic) bond motifs is 1. The number of amides is 1. The molecule has 1 amide bonds. The highest BCUT2D eigenvalue weighted by Gasteiger charge is 2.30. The first-order valence-electron chi connectivity index (χ1n) is 11.5. The van der Waals surface area contributed by atoms with Gasteiger partial charge in [0.1, 0.15) is 5.56 Å². The van der Waals surface area contributed by atoms with Crippen LogP contribution in [0.4, 0.5) is 13.2 Å². The number of pyridine rings is 1. The molecule has 2 aromatic carbocycles. The average molecular weight is 549 g/mol. The van der Waals surface area contributed by atoms with Gasteiger partial charge in [-0.15, -0.1) is 0 Å². The van der Waals surface area contributed by atoms with Crippen molar-refractivity contribution >= 4 is 39.9 Å². The van der Waals surface area contributed by atoms with Crippen LogP contribution in [0.3, 0.4) is 0 Å². The van der Waals surface area contributed by atoms with Gasteiger partial charge in [0, 0.05) is 37.8 Å². The first-order chi connectivity index (χ1) is 18.0. The number of carbonyl (C=O) groups excluding carboxylic acids is 1. The summed E-state index contributed by atoms with van der Waals surface area (Å²) in [7, 11) is 0. The number of aliphatic hydroxyl groups is 1. The molecule has 38 heavy (non-hydrogen) atoms. The predicted octanol–water partition coefficient (Wildman–Crippen LogP) is 1.94. The molecule has 9 nitrogen and oxygen atoms in total. The lowest BCUT2D eigenvalue weighted by atomic mass is 10.0. The Bertz CT molecular complexity index is 1400. The number of nitrogens with two attached hydrogens (primary N) is 1. The zero-order valence-electron chi connectivity index (χ0n) is 20.4. The van der Waals surface area contributed by atoms with Gasteiger partial charge < -0.3 is 26.0 Å². The number of alkyl halides is 3. The Morgan fingerprint density at radius 3 is 2.47 bits per heavy atom. The van der Waals surface area contributed by atoms with Crippen LogP contribution in [-0.4, -0.2) is 52.6 Å². The van der Waals surface area contributed by atoms with Gasteiger partial charge in [-0.05, 0) is 54.5 Å². The van der Waals surface area contributed by atoms with Crippen molar-refractivity contribution < 1.29 is 23.1 Å². The number of carbonyl (C=O) groups is 1. The van der Waals surface area contributed by atoms with Crippen molar-refractivity contribution in [3.8, 4) is 0 Å². The van der Waals surface area contributed by atoms with Crippen LogP contribution in [0.15, 0.2) is 58.6 Å². The number of hydrazone groups is 1. The fraction of sp³-hybridized carbons (Fsp3) is 0.280. The van der Waals surface area contributed by atoms with Crippen LogP contribution in [0.1, 0.15) is 34.0 Å². The summed E-state index contributed by atoms with van der Waals surface area (Å²) in [4.78, 5) is 26.3. The molecule has 13 heteroatoms. The zero-order valence-corrected chi connectivity index (χ0v) is 21.2. The third kappa shape index (κ3) is 7.37. The molecular weight excluding hydrogens is 521 g/mol. The number of thiocarbonyl (C=S) groups is 1. The Labute approximate surface area is 221 Å². The fourth-order valence-electron chi connectivity index (χ4n) is 3.68. The number of hydrogen-bond donors (Lipinski definition) is 5. The summed E-state index contributed by atoms with van der Waals surface area (Å²) in [6, 6.07) is 9.66. The van der Waals surface area contributed by atoms with E-state index in [2.05, 4.69) is 21.2 Å². The van der Waals surface area contributed by atoms with Crippen molar-refractivity contribution in [1.29, 1.82) is 0 Å². The number of aromatic nitrogens is 1. The van der Waals surface area contributed by atoms with E-state index in [1.807, 2.05) is 0 Å².